The molecule has 2 aliphatic rings. The summed E-state index contributed by atoms with van der Waals surface area (Å²) in [6.07, 6.45) is 4.20. The summed E-state index contributed by atoms with van der Waals surface area (Å²) < 4.78 is 0. The lowest BCUT2D eigenvalue weighted by atomic mass is 9.97. The van der Waals surface area contributed by atoms with Crippen molar-refractivity contribution >= 4 is 23.5 Å². The summed E-state index contributed by atoms with van der Waals surface area (Å²) in [4.78, 5) is 42.2. The van der Waals surface area contributed by atoms with Gasteiger partial charge in [0.15, 0.2) is 0 Å². The summed E-state index contributed by atoms with van der Waals surface area (Å²) in [5.41, 5.74) is 1.67. The Hall–Kier alpha value is -2.57. The van der Waals surface area contributed by atoms with Crippen LogP contribution in [0, 0.1) is 5.92 Å². The van der Waals surface area contributed by atoms with Crippen LogP contribution in [0.4, 0.5) is 10.5 Å². The zero-order valence-electron chi connectivity index (χ0n) is 16.8. The summed E-state index contributed by atoms with van der Waals surface area (Å²) in [5, 5.41) is 2.95. The lowest BCUT2D eigenvalue weighted by Crippen LogP contribution is -2.47. The number of hydrogen-bond donors (Lipinski definition) is 1. The maximum Gasteiger partial charge on any atom is 0.319 e. The molecule has 2 fully saturated rings. The molecule has 1 atom stereocenters. The Morgan fingerprint density at radius 1 is 1.00 bits per heavy atom. The van der Waals surface area contributed by atoms with Crippen molar-refractivity contribution in [3.8, 4) is 0 Å². The van der Waals surface area contributed by atoms with E-state index in [4.69, 9.17) is 0 Å². The maximum absolute atomic E-state index is 12.6. The van der Waals surface area contributed by atoms with Gasteiger partial charge in [0.05, 0.1) is 12.3 Å². The Balaban J connectivity index is 1.52. The van der Waals surface area contributed by atoms with Gasteiger partial charge in [-0.1, -0.05) is 12.1 Å². The molecule has 2 heterocycles. The quantitative estimate of drug-likeness (QED) is 0.862. The Kier molecular flexibility index (Phi) is 6.54. The lowest BCUT2D eigenvalue weighted by Gasteiger charge is -2.33. The fourth-order valence-corrected chi connectivity index (χ4v) is 3.85. The molecule has 2 aliphatic heterocycles. The maximum atomic E-state index is 12.6. The van der Waals surface area contributed by atoms with E-state index in [9.17, 15) is 14.4 Å². The van der Waals surface area contributed by atoms with Crippen LogP contribution >= 0.6 is 0 Å². The van der Waals surface area contributed by atoms with Crippen LogP contribution in [0.15, 0.2) is 24.3 Å². The van der Waals surface area contributed by atoms with Crippen LogP contribution in [-0.4, -0.2) is 72.8 Å². The van der Waals surface area contributed by atoms with Gasteiger partial charge in [-0.2, -0.15) is 0 Å². The van der Waals surface area contributed by atoms with Crippen LogP contribution in [0.1, 0.15) is 31.2 Å². The van der Waals surface area contributed by atoms with Crippen LogP contribution in [0.5, 0.6) is 0 Å². The van der Waals surface area contributed by atoms with Gasteiger partial charge in [0.1, 0.15) is 0 Å². The first-order valence-electron chi connectivity index (χ1n) is 10.1. The molecule has 28 heavy (non-hydrogen) atoms. The normalized spacial score (nSPS) is 19.4. The molecule has 152 valence electrons. The predicted molar refractivity (Wildman–Crippen MR) is 108 cm³/mol. The van der Waals surface area contributed by atoms with E-state index >= 15 is 0 Å². The third kappa shape index (κ3) is 5.03. The Morgan fingerprint density at radius 3 is 2.29 bits per heavy atom. The van der Waals surface area contributed by atoms with Crippen LogP contribution < -0.4 is 5.32 Å². The molecule has 0 radical (unpaired) electrons. The van der Waals surface area contributed by atoms with E-state index < -0.39 is 0 Å². The van der Waals surface area contributed by atoms with Crippen LogP contribution in [0.2, 0.25) is 0 Å². The SMILES string of the molecule is CN(C)C(=O)N1CCCC(C(=O)Nc2ccc(CC(=O)N3CCCC3)cc2)C1. The number of amides is 4. The first kappa shape index (κ1) is 20.2. The van der Waals surface area contributed by atoms with E-state index in [-0.39, 0.29) is 23.8 Å². The zero-order chi connectivity index (χ0) is 20.1. The number of rotatable bonds is 4. The fourth-order valence-electron chi connectivity index (χ4n) is 3.85. The first-order valence-corrected chi connectivity index (χ1v) is 10.1. The van der Waals surface area contributed by atoms with Gasteiger partial charge in [0.25, 0.3) is 0 Å². The highest BCUT2D eigenvalue weighted by Crippen LogP contribution is 2.20. The van der Waals surface area contributed by atoms with Crippen molar-refractivity contribution in [2.45, 2.75) is 32.1 Å². The number of carbonyl (C=O) groups excluding carboxylic acids is 3. The first-order chi connectivity index (χ1) is 13.4. The molecule has 1 unspecified atom stereocenters. The highest BCUT2D eigenvalue weighted by atomic mass is 16.2. The Morgan fingerprint density at radius 2 is 1.64 bits per heavy atom. The standard InChI is InChI=1S/C21H30N4O3/c1-23(2)21(28)25-13-5-6-17(15-25)20(27)22-18-9-7-16(8-10-18)14-19(26)24-11-3-4-12-24/h7-10,17H,3-6,11-15H2,1-2H3,(H,22,27). The average molecular weight is 386 g/mol. The van der Waals surface area contributed by atoms with Crippen molar-refractivity contribution in [1.29, 1.82) is 0 Å². The van der Waals surface area contributed by atoms with Crippen molar-refractivity contribution in [2.75, 3.05) is 45.6 Å². The van der Waals surface area contributed by atoms with Gasteiger partial charge in [-0.15, -0.1) is 0 Å². The number of nitrogens with zero attached hydrogens (tertiary/aromatic N) is 3. The molecule has 0 aliphatic carbocycles. The monoisotopic (exact) mass is 386 g/mol. The summed E-state index contributed by atoms with van der Waals surface area (Å²) >= 11 is 0. The molecule has 4 amide bonds. The average Bonchev–Trinajstić information content (AvgIpc) is 3.24. The largest absolute Gasteiger partial charge is 0.342 e. The number of nitrogens with one attached hydrogen (secondary N) is 1. The van der Waals surface area contributed by atoms with E-state index in [1.165, 1.54) is 0 Å². The van der Waals surface area contributed by atoms with Crippen LogP contribution in [-0.2, 0) is 16.0 Å². The number of anilines is 1. The van der Waals surface area contributed by atoms with Crippen LogP contribution in [0.3, 0.4) is 0 Å². The van der Waals surface area contributed by atoms with Crippen molar-refractivity contribution in [3.05, 3.63) is 29.8 Å². The van der Waals surface area contributed by atoms with E-state index in [2.05, 4.69) is 5.32 Å². The molecule has 7 nitrogen and oxygen atoms in total. The molecule has 0 aromatic heterocycles. The molecule has 0 bridgehead atoms. The van der Waals surface area contributed by atoms with E-state index in [1.54, 1.807) is 23.9 Å². The highest BCUT2D eigenvalue weighted by molar-refractivity contribution is 5.93. The number of carbonyl (C=O) groups is 3. The molecule has 0 saturated carbocycles. The number of urea groups is 1. The predicted octanol–water partition coefficient (Wildman–Crippen LogP) is 2.18. The van der Waals surface area contributed by atoms with Crippen molar-refractivity contribution in [3.63, 3.8) is 0 Å². The van der Waals surface area contributed by atoms with Gasteiger partial charge in [-0.3, -0.25) is 9.59 Å². The van der Waals surface area contributed by atoms with Gasteiger partial charge < -0.3 is 20.0 Å². The number of likely N-dealkylation sites (tertiary alicyclic amines) is 2. The lowest BCUT2D eigenvalue weighted by molar-refractivity contribution is -0.129. The van der Waals surface area contributed by atoms with Gasteiger partial charge >= 0.3 is 6.03 Å². The molecule has 1 N–H and O–H groups in total. The molecular formula is C21H30N4O3. The zero-order valence-corrected chi connectivity index (χ0v) is 16.8. The fraction of sp³-hybridized carbons (Fsp3) is 0.571. The second-order valence-corrected chi connectivity index (χ2v) is 7.91. The second-order valence-electron chi connectivity index (χ2n) is 7.91. The summed E-state index contributed by atoms with van der Waals surface area (Å²) in [5.74, 6) is -0.0895. The molecule has 0 spiro atoms. The van der Waals surface area contributed by atoms with Gasteiger partial charge in [0, 0.05) is 46.0 Å². The third-order valence-corrected chi connectivity index (χ3v) is 5.48. The summed E-state index contributed by atoms with van der Waals surface area (Å²) in [6, 6.07) is 7.43. The van der Waals surface area contributed by atoms with Gasteiger partial charge in [0.2, 0.25) is 11.8 Å². The molecule has 2 saturated heterocycles. The van der Waals surface area contributed by atoms with E-state index in [0.29, 0.717) is 19.5 Å². The highest BCUT2D eigenvalue weighted by Gasteiger charge is 2.29. The molecular weight excluding hydrogens is 356 g/mol. The second kappa shape index (κ2) is 9.08. The van der Waals surface area contributed by atoms with Gasteiger partial charge in [-0.05, 0) is 43.4 Å². The van der Waals surface area contributed by atoms with Crippen molar-refractivity contribution in [2.24, 2.45) is 5.92 Å². The van der Waals surface area contributed by atoms with E-state index in [1.807, 2.05) is 29.2 Å². The minimum Gasteiger partial charge on any atom is -0.342 e. The van der Waals surface area contributed by atoms with Crippen LogP contribution in [0.25, 0.3) is 0 Å². The van der Waals surface area contributed by atoms with E-state index in [0.717, 1.165) is 50.0 Å². The molecule has 1 aromatic carbocycles. The summed E-state index contributed by atoms with van der Waals surface area (Å²) in [6.45, 7) is 2.87. The molecule has 3 rings (SSSR count). The number of piperidine rings is 1. The smallest absolute Gasteiger partial charge is 0.319 e. The molecule has 1 aromatic rings. The number of hydrogen-bond acceptors (Lipinski definition) is 3. The Labute approximate surface area is 166 Å². The topological polar surface area (TPSA) is 73.0 Å². The Bertz CT molecular complexity index is 711. The minimum atomic E-state index is -0.200. The number of benzene rings is 1. The third-order valence-electron chi connectivity index (χ3n) is 5.48. The summed E-state index contributed by atoms with van der Waals surface area (Å²) in [7, 11) is 3.45. The molecule has 7 heteroatoms. The van der Waals surface area contributed by atoms with Gasteiger partial charge in [-0.25, -0.2) is 4.79 Å². The minimum absolute atomic E-state index is 0.0514. The van der Waals surface area contributed by atoms with Crippen molar-refractivity contribution in [1.82, 2.24) is 14.7 Å². The van der Waals surface area contributed by atoms with Crippen molar-refractivity contribution < 1.29 is 14.4 Å².